The lowest BCUT2D eigenvalue weighted by Crippen LogP contribution is -2.20. The number of nitrogens with zero attached hydrogens (tertiary/aromatic N) is 3. The first-order valence-corrected chi connectivity index (χ1v) is 10.7. The fraction of sp³-hybridized carbons (Fsp3) is 0.115. The number of pyridine rings is 2. The van der Waals surface area contributed by atoms with Gasteiger partial charge >= 0.3 is 0 Å². The van der Waals surface area contributed by atoms with Crippen LogP contribution in [0, 0.1) is 0 Å². The second-order valence-corrected chi connectivity index (χ2v) is 7.66. The number of rotatable bonds is 7. The molecule has 8 heteroatoms. The van der Waals surface area contributed by atoms with Crippen molar-refractivity contribution in [2.24, 2.45) is 0 Å². The van der Waals surface area contributed by atoms with Crippen LogP contribution < -0.4 is 14.8 Å². The molecule has 0 spiro atoms. The first kappa shape index (κ1) is 21.3. The molecule has 0 radical (unpaired) electrons. The number of ether oxygens (including phenoxy) is 2. The maximum absolute atomic E-state index is 12.5. The number of aromatic nitrogens is 4. The number of fused-ring (bicyclic) bond motifs is 2. The Kier molecular flexibility index (Phi) is 5.70. The van der Waals surface area contributed by atoms with E-state index in [1.165, 1.54) is 6.08 Å². The normalized spacial score (nSPS) is 11.4. The molecule has 0 aliphatic carbocycles. The first-order chi connectivity index (χ1) is 16.7. The van der Waals surface area contributed by atoms with Crippen molar-refractivity contribution in [1.82, 2.24) is 24.9 Å². The van der Waals surface area contributed by atoms with Crippen molar-refractivity contribution in [1.29, 1.82) is 0 Å². The van der Waals surface area contributed by atoms with Gasteiger partial charge in [0.1, 0.15) is 5.65 Å². The lowest BCUT2D eigenvalue weighted by Gasteiger charge is -2.09. The average Bonchev–Trinajstić information content (AvgIpc) is 3.50. The van der Waals surface area contributed by atoms with Crippen molar-refractivity contribution < 1.29 is 14.3 Å². The standard InChI is InChI=1S/C26H23N5O3/c1-33-22-8-6-17(13-23(22)34-2)14-28-24(32)9-7-18-15-29-26-25(18)19(10-11-27-26)20-16-30-31-12-4-3-5-21(20)31/h3-13,15-16H,14H2,1-2H3,(H,27,29)(H,28,32)/b9-7+. The largest absolute Gasteiger partial charge is 0.493 e. The predicted molar refractivity (Wildman–Crippen MR) is 131 cm³/mol. The summed E-state index contributed by atoms with van der Waals surface area (Å²) in [4.78, 5) is 20.2. The zero-order chi connectivity index (χ0) is 23.5. The Labute approximate surface area is 195 Å². The number of benzene rings is 1. The Hall–Kier alpha value is -4.59. The van der Waals surface area contributed by atoms with E-state index in [-0.39, 0.29) is 5.91 Å². The van der Waals surface area contributed by atoms with Crippen molar-refractivity contribution in [2.45, 2.75) is 6.54 Å². The predicted octanol–water partition coefficient (Wildman–Crippen LogP) is 4.22. The van der Waals surface area contributed by atoms with Gasteiger partial charge in [0.2, 0.25) is 5.91 Å². The van der Waals surface area contributed by atoms with Gasteiger partial charge in [-0.15, -0.1) is 0 Å². The molecule has 0 bridgehead atoms. The summed E-state index contributed by atoms with van der Waals surface area (Å²) in [6.07, 6.45) is 10.7. The van der Waals surface area contributed by atoms with E-state index in [4.69, 9.17) is 9.47 Å². The molecule has 1 aromatic carbocycles. The van der Waals surface area contributed by atoms with Crippen LogP contribution >= 0.6 is 0 Å². The van der Waals surface area contributed by atoms with Gasteiger partial charge in [-0.2, -0.15) is 5.10 Å². The van der Waals surface area contributed by atoms with Crippen LogP contribution in [0.5, 0.6) is 11.5 Å². The summed E-state index contributed by atoms with van der Waals surface area (Å²) in [5.41, 5.74) is 5.52. The van der Waals surface area contributed by atoms with E-state index in [2.05, 4.69) is 20.4 Å². The molecular weight excluding hydrogens is 430 g/mol. The van der Waals surface area contributed by atoms with E-state index in [9.17, 15) is 4.79 Å². The van der Waals surface area contributed by atoms with Gasteiger partial charge in [0, 0.05) is 47.7 Å². The lowest BCUT2D eigenvalue weighted by atomic mass is 10.0. The maximum atomic E-state index is 12.5. The molecule has 2 N–H and O–H groups in total. The molecule has 4 aromatic heterocycles. The molecular formula is C26H23N5O3. The zero-order valence-electron chi connectivity index (χ0n) is 18.8. The number of methoxy groups -OCH3 is 2. The molecule has 0 aliphatic rings. The molecule has 0 aliphatic heterocycles. The number of carbonyl (C=O) groups excluding carboxylic acids is 1. The number of amides is 1. The maximum Gasteiger partial charge on any atom is 0.244 e. The molecule has 0 fully saturated rings. The Morgan fingerprint density at radius 3 is 2.85 bits per heavy atom. The third-order valence-corrected chi connectivity index (χ3v) is 5.65. The quantitative estimate of drug-likeness (QED) is 0.360. The topological polar surface area (TPSA) is 93.5 Å². The smallest absolute Gasteiger partial charge is 0.244 e. The van der Waals surface area contributed by atoms with Crippen LogP contribution in [0.3, 0.4) is 0 Å². The van der Waals surface area contributed by atoms with Crippen LogP contribution in [-0.2, 0) is 11.3 Å². The highest BCUT2D eigenvalue weighted by molar-refractivity contribution is 6.03. The van der Waals surface area contributed by atoms with E-state index in [0.29, 0.717) is 18.0 Å². The Morgan fingerprint density at radius 2 is 2.00 bits per heavy atom. The summed E-state index contributed by atoms with van der Waals surface area (Å²) in [5.74, 6) is 1.06. The summed E-state index contributed by atoms with van der Waals surface area (Å²) < 4.78 is 12.4. The van der Waals surface area contributed by atoms with Gasteiger partial charge in [-0.1, -0.05) is 12.1 Å². The van der Waals surface area contributed by atoms with Crippen LogP contribution in [0.2, 0.25) is 0 Å². The Balaban J connectivity index is 1.38. The van der Waals surface area contributed by atoms with Crippen LogP contribution in [0.25, 0.3) is 33.8 Å². The lowest BCUT2D eigenvalue weighted by molar-refractivity contribution is -0.116. The van der Waals surface area contributed by atoms with Crippen LogP contribution in [-0.4, -0.2) is 39.7 Å². The SMILES string of the molecule is COc1ccc(CNC(=O)/C=C/c2c[nH]c3nccc(-c4cnn5ccccc45)c23)cc1OC. The molecule has 1 amide bonds. The minimum absolute atomic E-state index is 0.203. The zero-order valence-corrected chi connectivity index (χ0v) is 18.8. The van der Waals surface area contributed by atoms with Gasteiger partial charge in [-0.3, -0.25) is 4.79 Å². The first-order valence-electron chi connectivity index (χ1n) is 10.7. The average molecular weight is 454 g/mol. The molecule has 5 rings (SSSR count). The fourth-order valence-electron chi connectivity index (χ4n) is 3.98. The number of nitrogens with one attached hydrogen (secondary N) is 2. The van der Waals surface area contributed by atoms with E-state index < -0.39 is 0 Å². The van der Waals surface area contributed by atoms with Crippen molar-refractivity contribution in [2.75, 3.05) is 14.2 Å². The van der Waals surface area contributed by atoms with Crippen molar-refractivity contribution in [3.63, 3.8) is 0 Å². The van der Waals surface area contributed by atoms with E-state index in [0.717, 1.165) is 38.8 Å². The Morgan fingerprint density at radius 1 is 1.12 bits per heavy atom. The van der Waals surface area contributed by atoms with Gasteiger partial charge in [-0.25, -0.2) is 9.50 Å². The molecule has 0 unspecified atom stereocenters. The van der Waals surface area contributed by atoms with Gasteiger partial charge in [0.05, 0.1) is 25.9 Å². The number of hydrogen-bond acceptors (Lipinski definition) is 5. The molecule has 5 aromatic rings. The minimum Gasteiger partial charge on any atom is -0.493 e. The monoisotopic (exact) mass is 453 g/mol. The highest BCUT2D eigenvalue weighted by Gasteiger charge is 2.14. The minimum atomic E-state index is -0.203. The molecule has 0 atom stereocenters. The van der Waals surface area contributed by atoms with Gasteiger partial charge in [-0.05, 0) is 47.5 Å². The van der Waals surface area contributed by atoms with Crippen molar-refractivity contribution >= 4 is 28.5 Å². The summed E-state index contributed by atoms with van der Waals surface area (Å²) >= 11 is 0. The molecule has 0 saturated carbocycles. The number of H-pyrrole nitrogens is 1. The van der Waals surface area contributed by atoms with Gasteiger partial charge in [0.15, 0.2) is 11.5 Å². The Bertz CT molecular complexity index is 1520. The molecule has 170 valence electrons. The van der Waals surface area contributed by atoms with E-state index in [1.54, 1.807) is 26.5 Å². The highest BCUT2D eigenvalue weighted by atomic mass is 16.5. The van der Waals surface area contributed by atoms with Crippen LogP contribution in [0.4, 0.5) is 0 Å². The fourth-order valence-corrected chi connectivity index (χ4v) is 3.98. The van der Waals surface area contributed by atoms with E-state index in [1.807, 2.05) is 65.6 Å². The number of aromatic amines is 1. The van der Waals surface area contributed by atoms with E-state index >= 15 is 0 Å². The highest BCUT2D eigenvalue weighted by Crippen LogP contribution is 2.33. The molecule has 0 saturated heterocycles. The molecule has 4 heterocycles. The summed E-state index contributed by atoms with van der Waals surface area (Å²) in [6.45, 7) is 0.368. The second-order valence-electron chi connectivity index (χ2n) is 7.66. The number of hydrogen-bond donors (Lipinski definition) is 2. The van der Waals surface area contributed by atoms with Crippen LogP contribution in [0.15, 0.2) is 73.3 Å². The third-order valence-electron chi connectivity index (χ3n) is 5.65. The van der Waals surface area contributed by atoms with Gasteiger partial charge < -0.3 is 19.8 Å². The summed E-state index contributed by atoms with van der Waals surface area (Å²) in [6, 6.07) is 13.5. The third kappa shape index (κ3) is 3.97. The van der Waals surface area contributed by atoms with Crippen molar-refractivity contribution in [3.8, 4) is 22.6 Å². The molecule has 8 nitrogen and oxygen atoms in total. The summed E-state index contributed by atoms with van der Waals surface area (Å²) in [7, 11) is 3.17. The number of carbonyl (C=O) groups is 1. The van der Waals surface area contributed by atoms with Crippen molar-refractivity contribution in [3.05, 3.63) is 84.5 Å². The van der Waals surface area contributed by atoms with Gasteiger partial charge in [0.25, 0.3) is 0 Å². The van der Waals surface area contributed by atoms with Crippen LogP contribution in [0.1, 0.15) is 11.1 Å². The summed E-state index contributed by atoms with van der Waals surface area (Å²) in [5, 5.41) is 8.29. The second kappa shape index (κ2) is 9.11. The molecule has 34 heavy (non-hydrogen) atoms.